The van der Waals surface area contributed by atoms with Crippen molar-refractivity contribution in [1.82, 2.24) is 9.71 Å². The largest absolute Gasteiger partial charge is 0.573 e. The van der Waals surface area contributed by atoms with E-state index in [1.807, 2.05) is 6.92 Å². The first-order chi connectivity index (χ1) is 10.6. The van der Waals surface area contributed by atoms with Crippen LogP contribution in [-0.2, 0) is 16.6 Å². The SMILES string of the molecule is Cc1nc(C)c(CNS(=O)(=O)c2ccc(OC(F)(F)F)cc2)s1. The van der Waals surface area contributed by atoms with Gasteiger partial charge in [0.15, 0.2) is 0 Å². The van der Waals surface area contributed by atoms with E-state index in [-0.39, 0.29) is 11.4 Å². The topological polar surface area (TPSA) is 68.3 Å². The van der Waals surface area contributed by atoms with E-state index in [0.29, 0.717) is 0 Å². The molecule has 5 nitrogen and oxygen atoms in total. The van der Waals surface area contributed by atoms with Crippen LogP contribution in [0.4, 0.5) is 13.2 Å². The Hall–Kier alpha value is -1.65. The number of hydrogen-bond acceptors (Lipinski definition) is 5. The van der Waals surface area contributed by atoms with Gasteiger partial charge in [-0.15, -0.1) is 24.5 Å². The average Bonchev–Trinajstić information content (AvgIpc) is 2.74. The molecule has 0 spiro atoms. The van der Waals surface area contributed by atoms with Crippen LogP contribution in [0.25, 0.3) is 0 Å². The van der Waals surface area contributed by atoms with Gasteiger partial charge in [-0.3, -0.25) is 0 Å². The van der Waals surface area contributed by atoms with E-state index in [9.17, 15) is 21.6 Å². The van der Waals surface area contributed by atoms with Crippen LogP contribution in [0.15, 0.2) is 29.2 Å². The number of halogens is 3. The summed E-state index contributed by atoms with van der Waals surface area (Å²) < 4.78 is 66.5. The van der Waals surface area contributed by atoms with Gasteiger partial charge in [-0.2, -0.15) is 0 Å². The molecule has 10 heteroatoms. The van der Waals surface area contributed by atoms with Crippen molar-refractivity contribution in [3.05, 3.63) is 39.8 Å². The molecule has 1 aromatic heterocycles. The van der Waals surface area contributed by atoms with Crippen molar-refractivity contribution >= 4 is 21.4 Å². The number of nitrogens with one attached hydrogen (secondary N) is 1. The summed E-state index contributed by atoms with van der Waals surface area (Å²) in [4.78, 5) is 4.82. The lowest BCUT2D eigenvalue weighted by molar-refractivity contribution is -0.274. The zero-order valence-corrected chi connectivity index (χ0v) is 13.8. The van der Waals surface area contributed by atoms with Gasteiger partial charge in [-0.1, -0.05) is 0 Å². The van der Waals surface area contributed by atoms with Gasteiger partial charge in [0.05, 0.1) is 15.6 Å². The summed E-state index contributed by atoms with van der Waals surface area (Å²) in [5.74, 6) is -0.481. The van der Waals surface area contributed by atoms with Crippen LogP contribution in [0.5, 0.6) is 5.75 Å². The van der Waals surface area contributed by atoms with Crippen molar-refractivity contribution < 1.29 is 26.3 Å². The normalized spacial score (nSPS) is 12.4. The molecule has 2 aromatic rings. The summed E-state index contributed by atoms with van der Waals surface area (Å²) in [6, 6.07) is 4.00. The summed E-state index contributed by atoms with van der Waals surface area (Å²) in [7, 11) is -3.83. The molecule has 0 amide bonds. The number of thiazole rings is 1. The van der Waals surface area contributed by atoms with Crippen LogP contribution in [0.1, 0.15) is 15.6 Å². The second kappa shape index (κ2) is 6.46. The number of hydrogen-bond donors (Lipinski definition) is 1. The second-order valence-electron chi connectivity index (χ2n) is 4.59. The van der Waals surface area contributed by atoms with Crippen molar-refractivity contribution in [2.75, 3.05) is 0 Å². The highest BCUT2D eigenvalue weighted by atomic mass is 32.2. The number of alkyl halides is 3. The zero-order chi connectivity index (χ0) is 17.3. The van der Waals surface area contributed by atoms with Crippen LogP contribution in [0.2, 0.25) is 0 Å². The Balaban J connectivity index is 2.09. The number of benzene rings is 1. The van der Waals surface area contributed by atoms with E-state index >= 15 is 0 Å². The maximum Gasteiger partial charge on any atom is 0.573 e. The summed E-state index contributed by atoms with van der Waals surface area (Å²) in [6.07, 6.45) is -4.82. The Morgan fingerprint density at radius 2 is 1.83 bits per heavy atom. The average molecular weight is 366 g/mol. The van der Waals surface area contributed by atoms with Crippen molar-refractivity contribution in [2.45, 2.75) is 31.7 Å². The molecule has 0 aliphatic rings. The van der Waals surface area contributed by atoms with E-state index < -0.39 is 22.1 Å². The van der Waals surface area contributed by atoms with Gasteiger partial charge in [0, 0.05) is 11.4 Å². The number of aromatic nitrogens is 1. The molecule has 1 heterocycles. The molecule has 0 saturated heterocycles. The molecule has 1 N–H and O–H groups in total. The van der Waals surface area contributed by atoms with E-state index in [4.69, 9.17) is 0 Å². The van der Waals surface area contributed by atoms with Crippen molar-refractivity contribution in [1.29, 1.82) is 0 Å². The molecule has 0 radical (unpaired) electrons. The lowest BCUT2D eigenvalue weighted by Crippen LogP contribution is -2.23. The van der Waals surface area contributed by atoms with E-state index in [1.165, 1.54) is 11.3 Å². The molecule has 0 unspecified atom stereocenters. The highest BCUT2D eigenvalue weighted by Gasteiger charge is 2.31. The highest BCUT2D eigenvalue weighted by Crippen LogP contribution is 2.24. The predicted molar refractivity (Wildman–Crippen MR) is 78.7 cm³/mol. The van der Waals surface area contributed by atoms with Crippen molar-refractivity contribution in [3.63, 3.8) is 0 Å². The minimum atomic E-state index is -4.82. The number of aryl methyl sites for hydroxylation is 2. The molecule has 0 aliphatic heterocycles. The van der Waals surface area contributed by atoms with Gasteiger partial charge in [-0.25, -0.2) is 18.1 Å². The monoisotopic (exact) mass is 366 g/mol. The van der Waals surface area contributed by atoms with Crippen LogP contribution < -0.4 is 9.46 Å². The summed E-state index contributed by atoms with van der Waals surface area (Å²) in [6.45, 7) is 3.66. The van der Waals surface area contributed by atoms with E-state index in [2.05, 4.69) is 14.4 Å². The van der Waals surface area contributed by atoms with Gasteiger partial charge in [0.25, 0.3) is 0 Å². The van der Waals surface area contributed by atoms with Crippen molar-refractivity contribution in [2.24, 2.45) is 0 Å². The molecule has 0 aliphatic carbocycles. The number of ether oxygens (including phenoxy) is 1. The number of rotatable bonds is 5. The Morgan fingerprint density at radius 3 is 2.30 bits per heavy atom. The molecule has 126 valence electrons. The van der Waals surface area contributed by atoms with Gasteiger partial charge >= 0.3 is 6.36 Å². The molecule has 1 aromatic carbocycles. The van der Waals surface area contributed by atoms with Crippen LogP contribution in [-0.4, -0.2) is 19.8 Å². The van der Waals surface area contributed by atoms with Crippen LogP contribution in [0.3, 0.4) is 0 Å². The molecule has 0 fully saturated rings. The number of sulfonamides is 1. The van der Waals surface area contributed by atoms with Crippen LogP contribution >= 0.6 is 11.3 Å². The lowest BCUT2D eigenvalue weighted by atomic mass is 10.3. The van der Waals surface area contributed by atoms with Gasteiger partial charge in [-0.05, 0) is 38.1 Å². The fraction of sp³-hybridized carbons (Fsp3) is 0.308. The highest BCUT2D eigenvalue weighted by molar-refractivity contribution is 7.89. The van der Waals surface area contributed by atoms with Crippen molar-refractivity contribution in [3.8, 4) is 5.75 Å². The Morgan fingerprint density at radius 1 is 1.22 bits per heavy atom. The van der Waals surface area contributed by atoms with Crippen LogP contribution in [0, 0.1) is 13.8 Å². The standard InChI is InChI=1S/C13H13F3N2O3S2/c1-8-12(22-9(2)18-8)7-17-23(19,20)11-5-3-10(4-6-11)21-13(14,15)16/h3-6,17H,7H2,1-2H3. The molecule has 2 rings (SSSR count). The summed E-state index contributed by atoms with van der Waals surface area (Å²) in [5.41, 5.74) is 0.740. The minimum Gasteiger partial charge on any atom is -0.406 e. The first-order valence-corrected chi connectivity index (χ1v) is 8.65. The van der Waals surface area contributed by atoms with Gasteiger partial charge in [0.1, 0.15) is 5.75 Å². The molecule has 0 saturated carbocycles. The Labute approximate surface area is 135 Å². The fourth-order valence-electron chi connectivity index (χ4n) is 1.80. The maximum absolute atomic E-state index is 12.1. The van der Waals surface area contributed by atoms with E-state index in [0.717, 1.165) is 39.8 Å². The van der Waals surface area contributed by atoms with E-state index in [1.54, 1.807) is 6.92 Å². The summed E-state index contributed by atoms with van der Waals surface area (Å²) >= 11 is 1.38. The summed E-state index contributed by atoms with van der Waals surface area (Å²) in [5, 5.41) is 0.824. The third-order valence-corrected chi connectivity index (χ3v) is 5.28. The molecular formula is C13H13F3N2O3S2. The molecule has 0 atom stereocenters. The molecule has 23 heavy (non-hydrogen) atoms. The Bertz CT molecular complexity index is 784. The first-order valence-electron chi connectivity index (χ1n) is 6.35. The fourth-order valence-corrected chi connectivity index (χ4v) is 3.77. The Kier molecular flexibility index (Phi) is 4.97. The van der Waals surface area contributed by atoms with Gasteiger partial charge in [0.2, 0.25) is 10.0 Å². The quantitative estimate of drug-likeness (QED) is 0.883. The zero-order valence-electron chi connectivity index (χ0n) is 12.1. The minimum absolute atomic E-state index is 0.0699. The predicted octanol–water partition coefficient (Wildman–Crippen LogP) is 3.14. The molecular weight excluding hydrogens is 353 g/mol. The first kappa shape index (κ1) is 17.7. The lowest BCUT2D eigenvalue weighted by Gasteiger charge is -2.10. The molecule has 0 bridgehead atoms. The smallest absolute Gasteiger partial charge is 0.406 e. The second-order valence-corrected chi connectivity index (χ2v) is 7.64. The third kappa shape index (κ3) is 4.91. The maximum atomic E-state index is 12.1. The van der Waals surface area contributed by atoms with Gasteiger partial charge < -0.3 is 4.74 Å². The third-order valence-electron chi connectivity index (χ3n) is 2.79. The number of nitrogens with zero attached hydrogens (tertiary/aromatic N) is 1.